The van der Waals surface area contributed by atoms with Crippen LogP contribution in [0.15, 0.2) is 85.2 Å². The van der Waals surface area contributed by atoms with Gasteiger partial charge in [0.25, 0.3) is 11.8 Å². The number of para-hydroxylation sites is 2. The summed E-state index contributed by atoms with van der Waals surface area (Å²) in [6, 6.07) is 24.8. The van der Waals surface area contributed by atoms with Gasteiger partial charge in [-0.3, -0.25) is 14.2 Å². The Bertz CT molecular complexity index is 1220. The lowest BCUT2D eigenvalue weighted by Crippen LogP contribution is -2.50. The zero-order valence-electron chi connectivity index (χ0n) is 17.0. The molecule has 2 heterocycles. The Kier molecular flexibility index (Phi) is 4.96. The van der Waals surface area contributed by atoms with E-state index in [4.69, 9.17) is 0 Å². The van der Waals surface area contributed by atoms with Gasteiger partial charge in [-0.25, -0.2) is 4.98 Å². The second-order valence-corrected chi connectivity index (χ2v) is 7.60. The predicted octanol–water partition coefficient (Wildman–Crippen LogP) is 3.62. The lowest BCUT2D eigenvalue weighted by molar-refractivity contribution is 0.0535. The van der Waals surface area contributed by atoms with Crippen LogP contribution in [0.25, 0.3) is 16.7 Å². The summed E-state index contributed by atoms with van der Waals surface area (Å²) in [5.41, 5.74) is 4.26. The van der Waals surface area contributed by atoms with Crippen LogP contribution in [0.5, 0.6) is 0 Å². The average Bonchev–Trinajstić information content (AvgIpc) is 3.28. The summed E-state index contributed by atoms with van der Waals surface area (Å²) in [4.78, 5) is 33.6. The molecule has 0 N–H and O–H groups in total. The van der Waals surface area contributed by atoms with E-state index in [0.717, 1.165) is 16.7 Å². The van der Waals surface area contributed by atoms with Crippen LogP contribution in [0, 0.1) is 0 Å². The van der Waals surface area contributed by atoms with Crippen molar-refractivity contribution in [3.8, 4) is 5.69 Å². The molecule has 6 nitrogen and oxygen atoms in total. The number of rotatable bonds is 3. The minimum absolute atomic E-state index is 0.00570. The molecular formula is C25H22N4O2. The fourth-order valence-electron chi connectivity index (χ4n) is 3.99. The first-order valence-corrected chi connectivity index (χ1v) is 10.4. The molecule has 0 aliphatic carbocycles. The maximum absolute atomic E-state index is 13.0. The molecule has 1 saturated heterocycles. The Morgan fingerprint density at radius 1 is 0.645 bits per heavy atom. The fraction of sp³-hybridized carbons (Fsp3) is 0.160. The van der Waals surface area contributed by atoms with Crippen molar-refractivity contribution >= 4 is 22.8 Å². The number of carbonyl (C=O) groups is 2. The van der Waals surface area contributed by atoms with Gasteiger partial charge in [0.1, 0.15) is 6.33 Å². The SMILES string of the molecule is O=C(c1ccccc1)N1CCN(C(=O)c2ccc(-n3cnc4ccccc43)cc2)CC1. The van der Waals surface area contributed by atoms with Crippen LogP contribution in [0.4, 0.5) is 0 Å². The quantitative estimate of drug-likeness (QED) is 0.518. The molecule has 6 heteroatoms. The van der Waals surface area contributed by atoms with E-state index < -0.39 is 0 Å². The van der Waals surface area contributed by atoms with Crippen LogP contribution in [-0.4, -0.2) is 57.3 Å². The van der Waals surface area contributed by atoms with Crippen molar-refractivity contribution in [3.05, 3.63) is 96.3 Å². The Hall–Kier alpha value is -3.93. The van der Waals surface area contributed by atoms with Crippen LogP contribution in [0.3, 0.4) is 0 Å². The van der Waals surface area contributed by atoms with Gasteiger partial charge in [-0.15, -0.1) is 0 Å². The molecule has 154 valence electrons. The topological polar surface area (TPSA) is 58.4 Å². The van der Waals surface area contributed by atoms with Crippen molar-refractivity contribution in [1.29, 1.82) is 0 Å². The minimum atomic E-state index is -0.00570. The first kappa shape index (κ1) is 19.1. The number of carbonyl (C=O) groups excluding carboxylic acids is 2. The van der Waals surface area contributed by atoms with E-state index in [0.29, 0.717) is 37.3 Å². The molecule has 0 atom stereocenters. The number of hydrogen-bond donors (Lipinski definition) is 0. The molecular weight excluding hydrogens is 388 g/mol. The van der Waals surface area contributed by atoms with E-state index in [1.807, 2.05) is 93.2 Å². The molecule has 1 aliphatic heterocycles. The second-order valence-electron chi connectivity index (χ2n) is 7.60. The maximum Gasteiger partial charge on any atom is 0.253 e. The van der Waals surface area contributed by atoms with Gasteiger partial charge in [0.15, 0.2) is 0 Å². The van der Waals surface area contributed by atoms with E-state index in [1.54, 1.807) is 6.33 Å². The second kappa shape index (κ2) is 8.07. The van der Waals surface area contributed by atoms with Crippen LogP contribution >= 0.6 is 0 Å². The van der Waals surface area contributed by atoms with Gasteiger partial charge >= 0.3 is 0 Å². The molecule has 2 amide bonds. The summed E-state index contributed by atoms with van der Waals surface area (Å²) >= 11 is 0. The van der Waals surface area contributed by atoms with Crippen molar-refractivity contribution in [2.24, 2.45) is 0 Å². The largest absolute Gasteiger partial charge is 0.335 e. The van der Waals surface area contributed by atoms with Crippen LogP contribution < -0.4 is 0 Å². The molecule has 4 aromatic rings. The van der Waals surface area contributed by atoms with Gasteiger partial charge in [-0.1, -0.05) is 30.3 Å². The first-order chi connectivity index (χ1) is 15.2. The average molecular weight is 410 g/mol. The molecule has 1 fully saturated rings. The van der Waals surface area contributed by atoms with Crippen molar-refractivity contribution in [1.82, 2.24) is 19.4 Å². The number of piperazine rings is 1. The molecule has 0 radical (unpaired) electrons. The number of amides is 2. The third kappa shape index (κ3) is 3.68. The standard InChI is InChI=1S/C25H22N4O2/c30-24(19-6-2-1-3-7-19)27-14-16-28(17-15-27)25(31)20-10-12-21(13-11-20)29-18-26-22-8-4-5-9-23(22)29/h1-13,18H,14-17H2. The third-order valence-electron chi connectivity index (χ3n) is 5.72. The Morgan fingerprint density at radius 2 is 1.19 bits per heavy atom. The van der Waals surface area contributed by atoms with E-state index in [1.165, 1.54) is 0 Å². The van der Waals surface area contributed by atoms with Gasteiger partial charge in [0.05, 0.1) is 11.0 Å². The zero-order chi connectivity index (χ0) is 21.2. The van der Waals surface area contributed by atoms with Crippen LogP contribution in [-0.2, 0) is 0 Å². The van der Waals surface area contributed by atoms with Crippen molar-refractivity contribution in [2.75, 3.05) is 26.2 Å². The van der Waals surface area contributed by atoms with E-state index in [9.17, 15) is 9.59 Å². The monoisotopic (exact) mass is 410 g/mol. The number of fused-ring (bicyclic) bond motifs is 1. The molecule has 0 unspecified atom stereocenters. The molecule has 3 aromatic carbocycles. The highest BCUT2D eigenvalue weighted by Gasteiger charge is 2.25. The lowest BCUT2D eigenvalue weighted by Gasteiger charge is -2.35. The van der Waals surface area contributed by atoms with Gasteiger partial charge in [-0.2, -0.15) is 0 Å². The lowest BCUT2D eigenvalue weighted by atomic mass is 10.1. The van der Waals surface area contributed by atoms with Gasteiger partial charge in [0.2, 0.25) is 0 Å². The van der Waals surface area contributed by atoms with Crippen LogP contribution in [0.1, 0.15) is 20.7 Å². The Morgan fingerprint density at radius 3 is 1.84 bits per heavy atom. The normalized spacial score (nSPS) is 14.1. The van der Waals surface area contributed by atoms with Gasteiger partial charge in [-0.05, 0) is 48.5 Å². The minimum Gasteiger partial charge on any atom is -0.335 e. The first-order valence-electron chi connectivity index (χ1n) is 10.4. The molecule has 31 heavy (non-hydrogen) atoms. The smallest absolute Gasteiger partial charge is 0.253 e. The summed E-state index contributed by atoms with van der Waals surface area (Å²) in [6.45, 7) is 2.15. The number of hydrogen-bond acceptors (Lipinski definition) is 3. The van der Waals surface area contributed by atoms with E-state index >= 15 is 0 Å². The Labute approximate surface area is 180 Å². The summed E-state index contributed by atoms with van der Waals surface area (Å²) in [7, 11) is 0. The van der Waals surface area contributed by atoms with Gasteiger partial charge < -0.3 is 9.80 Å². The molecule has 1 aromatic heterocycles. The summed E-state index contributed by atoms with van der Waals surface area (Å²) in [5, 5.41) is 0. The third-order valence-corrected chi connectivity index (χ3v) is 5.72. The number of benzene rings is 3. The molecule has 0 saturated carbocycles. The van der Waals surface area contributed by atoms with Crippen molar-refractivity contribution in [3.63, 3.8) is 0 Å². The van der Waals surface area contributed by atoms with E-state index in [2.05, 4.69) is 4.98 Å². The highest BCUT2D eigenvalue weighted by atomic mass is 16.2. The summed E-state index contributed by atoms with van der Waals surface area (Å²) in [5.74, 6) is 0.0125. The van der Waals surface area contributed by atoms with Crippen molar-refractivity contribution in [2.45, 2.75) is 0 Å². The van der Waals surface area contributed by atoms with Crippen LogP contribution in [0.2, 0.25) is 0 Å². The fourth-order valence-corrected chi connectivity index (χ4v) is 3.99. The maximum atomic E-state index is 13.0. The zero-order valence-corrected chi connectivity index (χ0v) is 17.0. The molecule has 5 rings (SSSR count). The summed E-state index contributed by atoms with van der Waals surface area (Å²) < 4.78 is 2.01. The number of aromatic nitrogens is 2. The van der Waals surface area contributed by atoms with Crippen molar-refractivity contribution < 1.29 is 9.59 Å². The number of imidazole rings is 1. The molecule has 1 aliphatic rings. The van der Waals surface area contributed by atoms with E-state index in [-0.39, 0.29) is 11.8 Å². The van der Waals surface area contributed by atoms with Gasteiger partial charge in [0, 0.05) is 43.0 Å². The number of nitrogens with zero attached hydrogens (tertiary/aromatic N) is 4. The highest BCUT2D eigenvalue weighted by molar-refractivity contribution is 5.96. The predicted molar refractivity (Wildman–Crippen MR) is 119 cm³/mol. The summed E-state index contributed by atoms with van der Waals surface area (Å²) in [6.07, 6.45) is 1.80. The Balaban J connectivity index is 1.25. The molecule has 0 bridgehead atoms. The molecule has 0 spiro atoms. The highest BCUT2D eigenvalue weighted by Crippen LogP contribution is 2.19.